The molecule has 0 amide bonds. The maximum Gasteiger partial charge on any atom is 0.337 e. The highest BCUT2D eigenvalue weighted by Gasteiger charge is 2.18. The van der Waals surface area contributed by atoms with Gasteiger partial charge in [-0.05, 0) is 19.1 Å². The lowest BCUT2D eigenvalue weighted by Crippen LogP contribution is -2.24. The van der Waals surface area contributed by atoms with E-state index in [9.17, 15) is 9.59 Å². The van der Waals surface area contributed by atoms with Gasteiger partial charge in [0.25, 0.3) is 0 Å². The van der Waals surface area contributed by atoms with Gasteiger partial charge in [-0.25, -0.2) is 9.59 Å². The van der Waals surface area contributed by atoms with Crippen LogP contribution >= 0.6 is 0 Å². The maximum absolute atomic E-state index is 11.9. The number of aromatic amines is 1. The average molecular weight is 250 g/mol. The van der Waals surface area contributed by atoms with Crippen molar-refractivity contribution in [3.05, 3.63) is 34.2 Å². The number of hydrogen-bond donors (Lipinski definition) is 2. The lowest BCUT2D eigenvalue weighted by molar-refractivity contribution is 0.0698. The quantitative estimate of drug-likeness (QED) is 0.854. The lowest BCUT2D eigenvalue weighted by atomic mass is 10.1. The van der Waals surface area contributed by atoms with Crippen molar-refractivity contribution in [1.82, 2.24) is 9.55 Å². The van der Waals surface area contributed by atoms with Gasteiger partial charge in [0, 0.05) is 7.11 Å². The first-order chi connectivity index (χ1) is 8.56. The molecule has 0 radical (unpaired) electrons. The number of carboxylic acids is 1. The summed E-state index contributed by atoms with van der Waals surface area (Å²) in [7, 11) is 1.54. The molecule has 0 aliphatic carbocycles. The minimum Gasteiger partial charge on any atom is -0.478 e. The summed E-state index contributed by atoms with van der Waals surface area (Å²) in [4.78, 5) is 25.7. The molecule has 1 heterocycles. The monoisotopic (exact) mass is 250 g/mol. The summed E-state index contributed by atoms with van der Waals surface area (Å²) in [5, 5.41) is 9.17. The van der Waals surface area contributed by atoms with E-state index >= 15 is 0 Å². The molecule has 18 heavy (non-hydrogen) atoms. The Labute approximate surface area is 103 Å². The van der Waals surface area contributed by atoms with Gasteiger partial charge in [0.05, 0.1) is 29.2 Å². The highest BCUT2D eigenvalue weighted by Crippen LogP contribution is 2.19. The molecule has 2 rings (SSSR count). The number of benzene rings is 1. The molecule has 1 atom stereocenters. The van der Waals surface area contributed by atoms with Gasteiger partial charge < -0.3 is 14.8 Å². The van der Waals surface area contributed by atoms with Crippen molar-refractivity contribution in [3.8, 4) is 0 Å². The molecular weight excluding hydrogens is 236 g/mol. The second-order valence-electron chi connectivity index (χ2n) is 4.11. The van der Waals surface area contributed by atoms with Crippen LogP contribution in [0.5, 0.6) is 0 Å². The highest BCUT2D eigenvalue weighted by molar-refractivity contribution is 6.01. The van der Waals surface area contributed by atoms with Gasteiger partial charge in [0.2, 0.25) is 0 Å². The standard InChI is InChI=1S/C12H14N2O4/c1-7(6-18-2)14-10-8(11(15)16)4-3-5-9(10)13-12(14)17/h3-5,7H,6H2,1-2H3,(H,13,17)(H,15,16). The van der Waals surface area contributed by atoms with Crippen molar-refractivity contribution in [2.24, 2.45) is 0 Å². The number of rotatable bonds is 4. The minimum atomic E-state index is -1.06. The SMILES string of the molecule is COCC(C)n1c(=O)[nH]c2cccc(C(=O)O)c21. The summed E-state index contributed by atoms with van der Waals surface area (Å²) in [6.07, 6.45) is 0. The van der Waals surface area contributed by atoms with Crippen LogP contribution in [-0.4, -0.2) is 34.3 Å². The van der Waals surface area contributed by atoms with E-state index in [2.05, 4.69) is 4.98 Å². The first-order valence-corrected chi connectivity index (χ1v) is 5.51. The number of carboxylic acid groups (broad SMARTS) is 1. The smallest absolute Gasteiger partial charge is 0.337 e. The van der Waals surface area contributed by atoms with Gasteiger partial charge in [-0.2, -0.15) is 0 Å². The first kappa shape index (κ1) is 12.4. The zero-order chi connectivity index (χ0) is 13.3. The fourth-order valence-corrected chi connectivity index (χ4v) is 2.09. The molecule has 0 saturated carbocycles. The number of H-pyrrole nitrogens is 1. The van der Waals surface area contributed by atoms with Crippen LogP contribution in [0, 0.1) is 0 Å². The number of ether oxygens (including phenoxy) is 1. The topological polar surface area (TPSA) is 84.3 Å². The van der Waals surface area contributed by atoms with Crippen LogP contribution in [0.3, 0.4) is 0 Å². The van der Waals surface area contributed by atoms with Crippen molar-refractivity contribution < 1.29 is 14.6 Å². The van der Waals surface area contributed by atoms with Gasteiger partial charge in [-0.1, -0.05) is 6.07 Å². The lowest BCUT2D eigenvalue weighted by Gasteiger charge is -2.13. The predicted octanol–water partition coefficient (Wildman–Crippen LogP) is 1.24. The van der Waals surface area contributed by atoms with E-state index in [-0.39, 0.29) is 17.3 Å². The van der Waals surface area contributed by atoms with E-state index in [1.54, 1.807) is 19.1 Å². The summed E-state index contributed by atoms with van der Waals surface area (Å²) in [6, 6.07) is 4.52. The Hall–Kier alpha value is -2.08. The van der Waals surface area contributed by atoms with E-state index in [0.29, 0.717) is 17.6 Å². The second-order valence-corrected chi connectivity index (χ2v) is 4.11. The van der Waals surface area contributed by atoms with Gasteiger partial charge in [0.15, 0.2) is 0 Å². The number of carbonyl (C=O) groups is 1. The number of aromatic nitrogens is 2. The van der Waals surface area contributed by atoms with Gasteiger partial charge in [0.1, 0.15) is 0 Å². The third kappa shape index (κ3) is 1.91. The molecule has 0 spiro atoms. The Balaban J connectivity index is 2.75. The van der Waals surface area contributed by atoms with Crippen LogP contribution in [0.1, 0.15) is 23.3 Å². The number of para-hydroxylation sites is 1. The number of nitrogens with one attached hydrogen (secondary N) is 1. The number of hydrogen-bond acceptors (Lipinski definition) is 3. The molecule has 0 aliphatic heterocycles. The minimum absolute atomic E-state index is 0.105. The normalized spacial score (nSPS) is 12.8. The molecule has 96 valence electrons. The summed E-state index contributed by atoms with van der Waals surface area (Å²) >= 11 is 0. The van der Waals surface area contributed by atoms with Crippen LogP contribution in [0.25, 0.3) is 11.0 Å². The zero-order valence-electron chi connectivity index (χ0n) is 10.1. The molecule has 6 heteroatoms. The van der Waals surface area contributed by atoms with Crippen molar-refractivity contribution in [3.63, 3.8) is 0 Å². The second kappa shape index (κ2) is 4.66. The molecule has 0 aliphatic rings. The molecule has 0 bridgehead atoms. The molecule has 1 aromatic carbocycles. The fraction of sp³-hybridized carbons (Fsp3) is 0.333. The Morgan fingerprint density at radius 1 is 1.56 bits per heavy atom. The van der Waals surface area contributed by atoms with Crippen molar-refractivity contribution in [2.45, 2.75) is 13.0 Å². The Morgan fingerprint density at radius 3 is 2.89 bits per heavy atom. The fourth-order valence-electron chi connectivity index (χ4n) is 2.09. The third-order valence-corrected chi connectivity index (χ3v) is 2.82. The molecule has 1 unspecified atom stereocenters. The Bertz CT molecular complexity index is 641. The summed E-state index contributed by atoms with van der Waals surface area (Å²) in [5.74, 6) is -1.06. The van der Waals surface area contributed by atoms with Gasteiger partial charge in [-0.3, -0.25) is 4.57 Å². The zero-order valence-corrected chi connectivity index (χ0v) is 10.1. The van der Waals surface area contributed by atoms with Crippen LogP contribution < -0.4 is 5.69 Å². The maximum atomic E-state index is 11.9. The predicted molar refractivity (Wildman–Crippen MR) is 66.1 cm³/mol. The van der Waals surface area contributed by atoms with Crippen LogP contribution in [0.15, 0.2) is 23.0 Å². The van der Waals surface area contributed by atoms with Crippen LogP contribution in [0.4, 0.5) is 0 Å². The van der Waals surface area contributed by atoms with Crippen molar-refractivity contribution >= 4 is 17.0 Å². The van der Waals surface area contributed by atoms with E-state index < -0.39 is 5.97 Å². The van der Waals surface area contributed by atoms with Gasteiger partial charge in [-0.15, -0.1) is 0 Å². The van der Waals surface area contributed by atoms with Gasteiger partial charge >= 0.3 is 11.7 Å². The Morgan fingerprint density at radius 2 is 2.28 bits per heavy atom. The average Bonchev–Trinajstić information content (AvgIpc) is 2.64. The summed E-state index contributed by atoms with van der Waals surface area (Å²) in [6.45, 7) is 2.14. The highest BCUT2D eigenvalue weighted by atomic mass is 16.5. The van der Waals surface area contributed by atoms with Crippen molar-refractivity contribution in [1.29, 1.82) is 0 Å². The number of aromatic carboxylic acids is 1. The molecule has 2 N–H and O–H groups in total. The molecule has 6 nitrogen and oxygen atoms in total. The molecule has 0 fully saturated rings. The molecular formula is C12H14N2O4. The van der Waals surface area contributed by atoms with Crippen LogP contribution in [-0.2, 0) is 4.74 Å². The largest absolute Gasteiger partial charge is 0.478 e. The molecule has 0 saturated heterocycles. The van der Waals surface area contributed by atoms with Crippen LogP contribution in [0.2, 0.25) is 0 Å². The van der Waals surface area contributed by atoms with E-state index in [1.165, 1.54) is 17.7 Å². The summed E-state index contributed by atoms with van der Waals surface area (Å²) < 4.78 is 6.43. The molecule has 1 aromatic heterocycles. The third-order valence-electron chi connectivity index (χ3n) is 2.82. The first-order valence-electron chi connectivity index (χ1n) is 5.51. The number of imidazole rings is 1. The number of nitrogens with zero attached hydrogens (tertiary/aromatic N) is 1. The molecule has 2 aromatic rings. The van der Waals surface area contributed by atoms with E-state index in [1.807, 2.05) is 0 Å². The van der Waals surface area contributed by atoms with E-state index in [4.69, 9.17) is 9.84 Å². The summed E-state index contributed by atoms with van der Waals surface area (Å²) in [5.41, 5.74) is 0.694. The Kier molecular flexibility index (Phi) is 3.20. The van der Waals surface area contributed by atoms with E-state index in [0.717, 1.165) is 0 Å². The number of methoxy groups -OCH3 is 1. The van der Waals surface area contributed by atoms with Crippen molar-refractivity contribution in [2.75, 3.05) is 13.7 Å². The number of fused-ring (bicyclic) bond motifs is 1.